The van der Waals surface area contributed by atoms with Crippen LogP contribution in [-0.2, 0) is 4.79 Å². The first-order valence-corrected chi connectivity index (χ1v) is 14.1. The molecule has 9 heteroatoms. The standard InChI is InChI=1S/C31H42N4O5/c36-19-7-3-1-5-17-32-23-9-13-25(14-10-23)34-30-27(22-38)31(29(40)21-28(30)39)35-26-15-11-24(12-16-26)33-18-6-2-4-8-20-37/h9-16,21,32-34,36-38,40H,1-8,17-20,22H2/b35-31-. The van der Waals surface area contributed by atoms with Gasteiger partial charge in [-0.15, -0.1) is 0 Å². The minimum Gasteiger partial charge on any atom is -0.506 e. The van der Waals surface area contributed by atoms with Gasteiger partial charge in [-0.1, -0.05) is 25.7 Å². The summed E-state index contributed by atoms with van der Waals surface area (Å²) in [6.07, 6.45) is 8.97. The lowest BCUT2D eigenvalue weighted by molar-refractivity contribution is -0.111. The molecule has 0 saturated heterocycles. The van der Waals surface area contributed by atoms with E-state index >= 15 is 0 Å². The highest BCUT2D eigenvalue weighted by Gasteiger charge is 2.26. The number of allylic oxidation sites excluding steroid dienone is 2. The largest absolute Gasteiger partial charge is 0.506 e. The number of aliphatic hydroxyl groups excluding tert-OH is 4. The second-order valence-electron chi connectivity index (χ2n) is 9.74. The number of nitrogens with one attached hydrogen (secondary N) is 3. The van der Waals surface area contributed by atoms with Crippen LogP contribution >= 0.6 is 0 Å². The molecule has 0 heterocycles. The third-order valence-corrected chi connectivity index (χ3v) is 6.59. The van der Waals surface area contributed by atoms with Gasteiger partial charge in [0.15, 0.2) is 0 Å². The zero-order valence-electron chi connectivity index (χ0n) is 23.0. The number of aliphatic hydroxyl groups is 4. The van der Waals surface area contributed by atoms with Crippen molar-refractivity contribution in [3.63, 3.8) is 0 Å². The molecule has 40 heavy (non-hydrogen) atoms. The molecular weight excluding hydrogens is 508 g/mol. The molecular formula is C31H42N4O5. The van der Waals surface area contributed by atoms with Gasteiger partial charge in [0.2, 0.25) is 5.78 Å². The zero-order chi connectivity index (χ0) is 28.6. The fourth-order valence-corrected chi connectivity index (χ4v) is 4.35. The molecule has 2 aromatic carbocycles. The molecule has 0 aliphatic heterocycles. The number of unbranched alkanes of at least 4 members (excludes halogenated alkanes) is 6. The predicted molar refractivity (Wildman–Crippen MR) is 162 cm³/mol. The van der Waals surface area contributed by atoms with Gasteiger partial charge in [-0.3, -0.25) is 4.79 Å². The molecule has 0 unspecified atom stereocenters. The molecule has 216 valence electrons. The van der Waals surface area contributed by atoms with Crippen LogP contribution in [-0.4, -0.2) is 64.8 Å². The van der Waals surface area contributed by atoms with Crippen molar-refractivity contribution < 1.29 is 25.2 Å². The summed E-state index contributed by atoms with van der Waals surface area (Å²) in [5.41, 5.74) is 3.69. The van der Waals surface area contributed by atoms with E-state index in [-0.39, 0.29) is 36.0 Å². The van der Waals surface area contributed by atoms with Gasteiger partial charge in [-0.05, 0) is 74.2 Å². The van der Waals surface area contributed by atoms with Crippen molar-refractivity contribution in [2.45, 2.75) is 51.4 Å². The predicted octanol–water partition coefficient (Wildman–Crippen LogP) is 5.07. The summed E-state index contributed by atoms with van der Waals surface area (Å²) < 4.78 is 0. The maximum atomic E-state index is 12.7. The van der Waals surface area contributed by atoms with E-state index in [1.807, 2.05) is 48.5 Å². The second kappa shape index (κ2) is 17.1. The van der Waals surface area contributed by atoms with Gasteiger partial charge in [0, 0.05) is 55.0 Å². The van der Waals surface area contributed by atoms with Crippen LogP contribution in [0, 0.1) is 0 Å². The molecule has 3 rings (SSSR count). The van der Waals surface area contributed by atoms with Crippen molar-refractivity contribution in [3.8, 4) is 0 Å². The van der Waals surface area contributed by atoms with E-state index in [0.29, 0.717) is 11.4 Å². The van der Waals surface area contributed by atoms with Crippen LogP contribution in [0.4, 0.5) is 22.7 Å². The molecule has 0 fully saturated rings. The van der Waals surface area contributed by atoms with Crippen LogP contribution in [0.1, 0.15) is 51.4 Å². The maximum absolute atomic E-state index is 12.7. The highest BCUT2D eigenvalue weighted by Crippen LogP contribution is 2.26. The summed E-state index contributed by atoms with van der Waals surface area (Å²) in [4.78, 5) is 17.3. The average molecular weight is 551 g/mol. The lowest BCUT2D eigenvalue weighted by Crippen LogP contribution is -2.25. The summed E-state index contributed by atoms with van der Waals surface area (Å²) >= 11 is 0. The molecule has 0 spiro atoms. The first kappa shape index (κ1) is 30.9. The molecule has 0 saturated carbocycles. The summed E-state index contributed by atoms with van der Waals surface area (Å²) in [5.74, 6) is -0.729. The van der Waals surface area contributed by atoms with Crippen LogP contribution in [0.3, 0.4) is 0 Å². The smallest absolute Gasteiger partial charge is 0.206 e. The molecule has 0 radical (unpaired) electrons. The van der Waals surface area contributed by atoms with Crippen LogP contribution in [0.5, 0.6) is 0 Å². The van der Waals surface area contributed by atoms with E-state index < -0.39 is 12.4 Å². The van der Waals surface area contributed by atoms with Crippen molar-refractivity contribution >= 4 is 34.2 Å². The highest BCUT2D eigenvalue weighted by atomic mass is 16.3. The minimum atomic E-state index is -0.476. The Balaban J connectivity index is 1.64. The number of nitrogens with zero attached hydrogens (tertiary/aromatic N) is 1. The van der Waals surface area contributed by atoms with Gasteiger partial charge in [-0.25, -0.2) is 4.99 Å². The normalized spacial score (nSPS) is 14.4. The Labute approximate surface area is 236 Å². The van der Waals surface area contributed by atoms with Crippen molar-refractivity contribution in [3.05, 3.63) is 71.6 Å². The third kappa shape index (κ3) is 9.82. The Hall–Kier alpha value is -3.66. The minimum absolute atomic E-state index is 0.147. The maximum Gasteiger partial charge on any atom is 0.206 e. The Bertz CT molecular complexity index is 1160. The van der Waals surface area contributed by atoms with E-state index in [4.69, 9.17) is 10.2 Å². The lowest BCUT2D eigenvalue weighted by Gasteiger charge is -2.20. The number of carbonyl (C=O) groups is 1. The quantitative estimate of drug-likeness (QED) is 0.101. The molecule has 7 N–H and O–H groups in total. The first-order chi connectivity index (χ1) is 19.5. The summed E-state index contributed by atoms with van der Waals surface area (Å²) in [6, 6.07) is 14.9. The topological polar surface area (TPSA) is 146 Å². The molecule has 9 nitrogen and oxygen atoms in total. The molecule has 1 aliphatic rings. The number of anilines is 3. The van der Waals surface area contributed by atoms with Gasteiger partial charge >= 0.3 is 0 Å². The number of rotatable bonds is 18. The van der Waals surface area contributed by atoms with Crippen LogP contribution in [0.2, 0.25) is 0 Å². The van der Waals surface area contributed by atoms with Gasteiger partial charge in [0.05, 0.1) is 18.0 Å². The van der Waals surface area contributed by atoms with Crippen molar-refractivity contribution in [2.75, 3.05) is 48.9 Å². The highest BCUT2D eigenvalue weighted by molar-refractivity contribution is 6.25. The Kier molecular flexibility index (Phi) is 13.2. The Morgan fingerprint density at radius 3 is 1.68 bits per heavy atom. The Morgan fingerprint density at radius 1 is 0.650 bits per heavy atom. The van der Waals surface area contributed by atoms with E-state index in [1.165, 1.54) is 0 Å². The van der Waals surface area contributed by atoms with E-state index in [9.17, 15) is 15.0 Å². The zero-order valence-corrected chi connectivity index (χ0v) is 23.0. The average Bonchev–Trinajstić information content (AvgIpc) is 2.96. The molecule has 0 atom stereocenters. The summed E-state index contributed by atoms with van der Waals surface area (Å²) in [5, 5.41) is 48.2. The number of carbonyl (C=O) groups excluding carboxylic acids is 1. The Morgan fingerprint density at radius 2 is 1.15 bits per heavy atom. The number of benzene rings is 2. The number of ketones is 1. The van der Waals surface area contributed by atoms with Gasteiger partial charge < -0.3 is 36.4 Å². The lowest BCUT2D eigenvalue weighted by atomic mass is 9.97. The SMILES string of the molecule is O=C1C=C(O)/C(=N\c2ccc(NCCCCCCO)cc2)C(CO)=C1Nc1ccc(NCCCCCCO)cc1. The van der Waals surface area contributed by atoms with Gasteiger partial charge in [-0.2, -0.15) is 0 Å². The van der Waals surface area contributed by atoms with Crippen LogP contribution < -0.4 is 16.0 Å². The molecule has 0 amide bonds. The van der Waals surface area contributed by atoms with E-state index in [0.717, 1.165) is 81.9 Å². The van der Waals surface area contributed by atoms with Crippen molar-refractivity contribution in [1.29, 1.82) is 0 Å². The molecule has 2 aromatic rings. The van der Waals surface area contributed by atoms with Gasteiger partial charge in [0.25, 0.3) is 0 Å². The van der Waals surface area contributed by atoms with Crippen molar-refractivity contribution in [2.24, 2.45) is 4.99 Å². The first-order valence-electron chi connectivity index (χ1n) is 14.1. The number of hydrogen-bond donors (Lipinski definition) is 7. The van der Waals surface area contributed by atoms with Crippen LogP contribution in [0.25, 0.3) is 0 Å². The number of aliphatic imine (C=N–C) groups is 1. The molecule has 0 aromatic heterocycles. The second-order valence-corrected chi connectivity index (χ2v) is 9.74. The fourth-order valence-electron chi connectivity index (χ4n) is 4.35. The monoisotopic (exact) mass is 550 g/mol. The summed E-state index contributed by atoms with van der Waals surface area (Å²) in [7, 11) is 0. The van der Waals surface area contributed by atoms with E-state index in [1.54, 1.807) is 0 Å². The fraction of sp³-hybridized carbons (Fsp3) is 0.419. The van der Waals surface area contributed by atoms with Crippen LogP contribution in [0.15, 0.2) is 76.6 Å². The van der Waals surface area contributed by atoms with Gasteiger partial charge in [0.1, 0.15) is 11.5 Å². The number of hydrogen-bond acceptors (Lipinski definition) is 9. The molecule has 1 aliphatic carbocycles. The van der Waals surface area contributed by atoms with E-state index in [2.05, 4.69) is 20.9 Å². The summed E-state index contributed by atoms with van der Waals surface area (Å²) in [6.45, 7) is 1.67. The van der Waals surface area contributed by atoms with Crippen molar-refractivity contribution in [1.82, 2.24) is 0 Å². The molecule has 0 bridgehead atoms. The third-order valence-electron chi connectivity index (χ3n) is 6.59.